The topological polar surface area (TPSA) is 23.8 Å². The number of hydrogen-bond acceptors (Lipinski definition) is 1. The first kappa shape index (κ1) is 11.8. The van der Waals surface area contributed by atoms with Crippen LogP contribution >= 0.6 is 15.9 Å². The van der Waals surface area contributed by atoms with Gasteiger partial charge in [-0.3, -0.25) is 0 Å². The van der Waals surface area contributed by atoms with E-state index in [9.17, 15) is 4.39 Å². The van der Waals surface area contributed by atoms with Crippen LogP contribution in [0.2, 0.25) is 0 Å². The van der Waals surface area contributed by atoms with Gasteiger partial charge < -0.3 is 0 Å². The fourth-order valence-corrected chi connectivity index (χ4v) is 1.28. The molecule has 1 aromatic carbocycles. The number of benzene rings is 1. The van der Waals surface area contributed by atoms with Crippen molar-refractivity contribution in [3.05, 3.63) is 35.1 Å². The summed E-state index contributed by atoms with van der Waals surface area (Å²) < 4.78 is 13.1. The molecule has 0 bridgehead atoms. The molecule has 1 aromatic rings. The zero-order valence-electron chi connectivity index (χ0n) is 8.06. The molecule has 3 heteroatoms. The molecule has 0 saturated carbocycles. The summed E-state index contributed by atoms with van der Waals surface area (Å²) in [6.07, 6.45) is 0.838. The van der Waals surface area contributed by atoms with Crippen molar-refractivity contribution in [1.82, 2.24) is 0 Å². The van der Waals surface area contributed by atoms with Crippen molar-refractivity contribution in [2.45, 2.75) is 12.8 Å². The second-order valence-corrected chi connectivity index (χ2v) is 3.67. The molecule has 0 unspecified atom stereocenters. The molecule has 0 aliphatic heterocycles. The molecule has 0 aliphatic rings. The third-order valence-electron chi connectivity index (χ3n) is 1.77. The molecule has 0 spiro atoms. The Hall–Kier alpha value is -1.32. The van der Waals surface area contributed by atoms with Crippen LogP contribution in [0.1, 0.15) is 17.5 Å². The van der Waals surface area contributed by atoms with Gasteiger partial charge in [0.05, 0.1) is 12.5 Å². The van der Waals surface area contributed by atoms with Gasteiger partial charge in [-0.1, -0.05) is 27.8 Å². The Morgan fingerprint density at radius 1 is 1.40 bits per heavy atom. The van der Waals surface area contributed by atoms with Crippen LogP contribution in [0, 0.1) is 29.0 Å². The molecule has 0 heterocycles. The average molecular weight is 266 g/mol. The summed E-state index contributed by atoms with van der Waals surface area (Å²) in [5, 5.41) is 9.32. The van der Waals surface area contributed by atoms with Gasteiger partial charge in [0.1, 0.15) is 5.82 Å². The number of nitriles is 1. The second-order valence-electron chi connectivity index (χ2n) is 2.88. The summed E-state index contributed by atoms with van der Waals surface area (Å²) in [6, 6.07) is 6.52. The lowest BCUT2D eigenvalue weighted by Crippen LogP contribution is -1.89. The van der Waals surface area contributed by atoms with Gasteiger partial charge in [-0.2, -0.15) is 5.26 Å². The number of alkyl halides is 1. The van der Waals surface area contributed by atoms with Crippen LogP contribution in [0.3, 0.4) is 0 Å². The third kappa shape index (κ3) is 3.73. The Balaban J connectivity index is 2.89. The minimum Gasteiger partial charge on any atom is -0.207 e. The average Bonchev–Trinajstić information content (AvgIpc) is 2.23. The second kappa shape index (κ2) is 6.22. The monoisotopic (exact) mass is 265 g/mol. The number of halogens is 2. The van der Waals surface area contributed by atoms with Crippen molar-refractivity contribution in [3.63, 3.8) is 0 Å². The van der Waals surface area contributed by atoms with E-state index in [2.05, 4.69) is 27.8 Å². The summed E-state index contributed by atoms with van der Waals surface area (Å²) >= 11 is 3.27. The molecule has 1 nitrogen and oxygen atoms in total. The zero-order valence-corrected chi connectivity index (χ0v) is 9.64. The molecular formula is C12H9BrFN. The van der Waals surface area contributed by atoms with Gasteiger partial charge >= 0.3 is 0 Å². The van der Waals surface area contributed by atoms with Gasteiger partial charge in [0.25, 0.3) is 0 Å². The summed E-state index contributed by atoms with van der Waals surface area (Å²) in [6.45, 7) is 0. The first-order valence-corrected chi connectivity index (χ1v) is 5.60. The predicted molar refractivity (Wildman–Crippen MR) is 61.0 cm³/mol. The van der Waals surface area contributed by atoms with Gasteiger partial charge in [0.15, 0.2) is 0 Å². The Labute approximate surface area is 97.0 Å². The molecule has 1 rings (SSSR count). The minimum absolute atomic E-state index is 0.0831. The van der Waals surface area contributed by atoms with Crippen LogP contribution in [0.15, 0.2) is 18.2 Å². The van der Waals surface area contributed by atoms with Crippen LogP contribution < -0.4 is 0 Å². The summed E-state index contributed by atoms with van der Waals surface area (Å²) in [7, 11) is 0. The fourth-order valence-electron chi connectivity index (χ4n) is 1.08. The highest BCUT2D eigenvalue weighted by Crippen LogP contribution is 2.10. The molecule has 0 saturated heterocycles. The molecule has 15 heavy (non-hydrogen) atoms. The molecule has 0 radical (unpaired) electrons. The van der Waals surface area contributed by atoms with Crippen molar-refractivity contribution < 1.29 is 4.39 Å². The van der Waals surface area contributed by atoms with Gasteiger partial charge in [-0.05, 0) is 18.2 Å². The molecule has 0 fully saturated rings. The quantitative estimate of drug-likeness (QED) is 0.596. The maximum absolute atomic E-state index is 13.1. The van der Waals surface area contributed by atoms with Crippen LogP contribution in [0.5, 0.6) is 0 Å². The fraction of sp³-hybridized carbons (Fsp3) is 0.250. The van der Waals surface area contributed by atoms with Gasteiger partial charge in [0.2, 0.25) is 0 Å². The van der Waals surface area contributed by atoms with Crippen molar-refractivity contribution >= 4 is 15.9 Å². The standard InChI is InChI=1S/C12H9BrFN/c13-7-2-1-3-10-4-5-12(14)11(9-10)6-8-15/h4-5,9H,2,6-7H2. The van der Waals surface area contributed by atoms with Crippen LogP contribution in [0.4, 0.5) is 4.39 Å². The Morgan fingerprint density at radius 2 is 2.20 bits per heavy atom. The zero-order chi connectivity index (χ0) is 11.1. The third-order valence-corrected chi connectivity index (χ3v) is 2.16. The number of hydrogen-bond donors (Lipinski definition) is 0. The van der Waals surface area contributed by atoms with E-state index in [1.807, 2.05) is 6.07 Å². The highest BCUT2D eigenvalue weighted by atomic mass is 79.9. The van der Waals surface area contributed by atoms with E-state index in [4.69, 9.17) is 5.26 Å². The number of rotatable bonds is 2. The molecule has 76 valence electrons. The predicted octanol–water partition coefficient (Wildman–Crippen LogP) is 3.03. The molecule has 0 N–H and O–H groups in total. The maximum Gasteiger partial charge on any atom is 0.127 e. The van der Waals surface area contributed by atoms with E-state index in [-0.39, 0.29) is 12.2 Å². The lowest BCUT2D eigenvalue weighted by Gasteiger charge is -1.98. The smallest absolute Gasteiger partial charge is 0.127 e. The molecule has 0 aromatic heterocycles. The van der Waals surface area contributed by atoms with E-state index in [1.54, 1.807) is 12.1 Å². The van der Waals surface area contributed by atoms with Gasteiger partial charge in [0, 0.05) is 22.9 Å². The SMILES string of the molecule is N#CCc1cc(C#CCCBr)ccc1F. The van der Waals surface area contributed by atoms with E-state index in [1.165, 1.54) is 6.07 Å². The van der Waals surface area contributed by atoms with Gasteiger partial charge in [-0.25, -0.2) is 4.39 Å². The van der Waals surface area contributed by atoms with Crippen molar-refractivity contribution in [1.29, 1.82) is 5.26 Å². The first-order valence-electron chi connectivity index (χ1n) is 4.48. The highest BCUT2D eigenvalue weighted by molar-refractivity contribution is 9.09. The van der Waals surface area contributed by atoms with Crippen molar-refractivity contribution in [2.24, 2.45) is 0 Å². The van der Waals surface area contributed by atoms with E-state index in [0.717, 1.165) is 17.3 Å². The van der Waals surface area contributed by atoms with E-state index in [0.29, 0.717) is 5.56 Å². The highest BCUT2D eigenvalue weighted by Gasteiger charge is 2.01. The molecule has 0 atom stereocenters. The van der Waals surface area contributed by atoms with E-state index >= 15 is 0 Å². The van der Waals surface area contributed by atoms with Crippen molar-refractivity contribution in [3.8, 4) is 17.9 Å². The van der Waals surface area contributed by atoms with E-state index < -0.39 is 0 Å². The van der Waals surface area contributed by atoms with Crippen LogP contribution in [0.25, 0.3) is 0 Å². The molecule has 0 aliphatic carbocycles. The van der Waals surface area contributed by atoms with Crippen LogP contribution in [-0.2, 0) is 6.42 Å². The lowest BCUT2D eigenvalue weighted by molar-refractivity contribution is 0.615. The molecule has 0 amide bonds. The molecular weight excluding hydrogens is 257 g/mol. The largest absolute Gasteiger partial charge is 0.207 e. The Morgan fingerprint density at radius 3 is 2.87 bits per heavy atom. The maximum atomic E-state index is 13.1. The lowest BCUT2D eigenvalue weighted by atomic mass is 10.1. The minimum atomic E-state index is -0.345. The Bertz CT molecular complexity index is 437. The summed E-state index contributed by atoms with van der Waals surface area (Å²) in [5.41, 5.74) is 1.16. The summed E-state index contributed by atoms with van der Waals surface area (Å²) in [4.78, 5) is 0. The Kier molecular flexibility index (Phi) is 4.87. The van der Waals surface area contributed by atoms with Gasteiger partial charge in [-0.15, -0.1) is 0 Å². The normalized spacial score (nSPS) is 8.87. The number of nitrogens with zero attached hydrogens (tertiary/aromatic N) is 1. The first-order chi connectivity index (χ1) is 7.27. The van der Waals surface area contributed by atoms with Crippen LogP contribution in [-0.4, -0.2) is 5.33 Å². The van der Waals surface area contributed by atoms with Crippen molar-refractivity contribution in [2.75, 3.05) is 5.33 Å². The summed E-state index contributed by atoms with van der Waals surface area (Å²) in [5.74, 6) is 5.51.